The van der Waals surface area contributed by atoms with Crippen LogP contribution in [-0.4, -0.2) is 11.2 Å². The lowest BCUT2D eigenvalue weighted by atomic mass is 9.75. The molecule has 1 N–H and O–H groups in total. The van der Waals surface area contributed by atoms with Crippen molar-refractivity contribution in [3.05, 3.63) is 35.5 Å². The summed E-state index contributed by atoms with van der Waals surface area (Å²) < 4.78 is 0. The molecule has 1 saturated carbocycles. The first-order valence-electron chi connectivity index (χ1n) is 6.31. The van der Waals surface area contributed by atoms with Gasteiger partial charge in [0, 0.05) is 5.92 Å². The van der Waals surface area contributed by atoms with Crippen molar-refractivity contribution < 1.29 is 5.11 Å². The minimum absolute atomic E-state index is 0.121. The van der Waals surface area contributed by atoms with Crippen LogP contribution in [0.1, 0.15) is 39.5 Å². The molecule has 1 heteroatoms. The fraction of sp³-hybridized carbons (Fsp3) is 0.600. The Morgan fingerprint density at radius 2 is 2.12 bits per heavy atom. The van der Waals surface area contributed by atoms with Crippen molar-refractivity contribution in [2.75, 3.05) is 0 Å². The minimum atomic E-state index is -0.121. The molecule has 0 aliphatic heterocycles. The lowest BCUT2D eigenvalue weighted by Crippen LogP contribution is -2.26. The van der Waals surface area contributed by atoms with Gasteiger partial charge in [0.2, 0.25) is 0 Å². The Morgan fingerprint density at radius 3 is 2.81 bits per heavy atom. The maximum Gasteiger partial charge on any atom is 0.0614 e. The first kappa shape index (κ1) is 11.7. The Morgan fingerprint density at radius 1 is 1.38 bits per heavy atom. The number of hydrogen-bond donors (Lipinski definition) is 1. The molecule has 1 fully saturated rings. The quantitative estimate of drug-likeness (QED) is 0.554. The molecule has 0 heterocycles. The number of rotatable bonds is 2. The summed E-state index contributed by atoms with van der Waals surface area (Å²) in [5.41, 5.74) is 4.31. The smallest absolute Gasteiger partial charge is 0.0614 e. The van der Waals surface area contributed by atoms with Crippen molar-refractivity contribution in [3.8, 4) is 0 Å². The molecule has 0 aromatic heterocycles. The maximum absolute atomic E-state index is 10.1. The van der Waals surface area contributed by atoms with E-state index in [0.717, 1.165) is 12.8 Å². The Kier molecular flexibility index (Phi) is 3.34. The Labute approximate surface area is 98.6 Å². The van der Waals surface area contributed by atoms with E-state index < -0.39 is 0 Å². The predicted molar refractivity (Wildman–Crippen MR) is 68.1 cm³/mol. The van der Waals surface area contributed by atoms with Gasteiger partial charge in [-0.25, -0.2) is 0 Å². The standard InChI is InChI=1S/C15H22O/c1-4-10(2)9-12-6-5-11(3)13-7-8-14(16)15(12)13/h4,9,12,14-16H,1,5-8H2,2-3H3. The molecule has 16 heavy (non-hydrogen) atoms. The number of hydrogen-bond acceptors (Lipinski definition) is 1. The van der Waals surface area contributed by atoms with E-state index >= 15 is 0 Å². The number of aliphatic hydroxyl groups excluding tert-OH is 1. The van der Waals surface area contributed by atoms with Crippen LogP contribution in [0.4, 0.5) is 0 Å². The lowest BCUT2D eigenvalue weighted by molar-refractivity contribution is 0.116. The molecule has 88 valence electrons. The second kappa shape index (κ2) is 4.58. The van der Waals surface area contributed by atoms with Gasteiger partial charge in [-0.15, -0.1) is 0 Å². The third-order valence-electron chi connectivity index (χ3n) is 4.19. The topological polar surface area (TPSA) is 20.2 Å². The fourth-order valence-electron chi connectivity index (χ4n) is 3.24. The van der Waals surface area contributed by atoms with Crippen molar-refractivity contribution in [1.29, 1.82) is 0 Å². The summed E-state index contributed by atoms with van der Waals surface area (Å²) >= 11 is 0. The molecule has 0 spiro atoms. The van der Waals surface area contributed by atoms with Crippen LogP contribution in [0.3, 0.4) is 0 Å². The Bertz CT molecular complexity index is 348. The van der Waals surface area contributed by atoms with Crippen molar-refractivity contribution in [2.45, 2.75) is 45.6 Å². The maximum atomic E-state index is 10.1. The van der Waals surface area contributed by atoms with E-state index in [4.69, 9.17) is 0 Å². The van der Waals surface area contributed by atoms with E-state index in [0.29, 0.717) is 11.8 Å². The molecule has 2 aliphatic rings. The first-order chi connectivity index (χ1) is 7.63. The molecule has 1 nitrogen and oxygen atoms in total. The summed E-state index contributed by atoms with van der Waals surface area (Å²) in [4.78, 5) is 0. The van der Waals surface area contributed by atoms with Crippen molar-refractivity contribution in [2.24, 2.45) is 11.8 Å². The van der Waals surface area contributed by atoms with Gasteiger partial charge in [0.1, 0.15) is 0 Å². The Hall–Kier alpha value is -0.820. The summed E-state index contributed by atoms with van der Waals surface area (Å²) in [5, 5.41) is 10.1. The number of aliphatic hydroxyl groups is 1. The molecule has 0 radical (unpaired) electrons. The zero-order valence-corrected chi connectivity index (χ0v) is 10.4. The van der Waals surface area contributed by atoms with Gasteiger partial charge >= 0.3 is 0 Å². The normalized spacial score (nSPS) is 35.2. The molecule has 3 unspecified atom stereocenters. The molecule has 3 atom stereocenters. The molecule has 0 aromatic carbocycles. The molecule has 0 aromatic rings. The SMILES string of the molecule is C=CC(C)=CC1CCC(C)=C2CCC(O)C21. The van der Waals surface area contributed by atoms with Gasteiger partial charge in [0.15, 0.2) is 0 Å². The monoisotopic (exact) mass is 218 g/mol. The molecule has 0 saturated heterocycles. The van der Waals surface area contributed by atoms with Gasteiger partial charge in [-0.05, 0) is 45.4 Å². The van der Waals surface area contributed by atoms with Gasteiger partial charge in [0.25, 0.3) is 0 Å². The average molecular weight is 218 g/mol. The highest BCUT2D eigenvalue weighted by Gasteiger charge is 2.38. The molecular weight excluding hydrogens is 196 g/mol. The van der Waals surface area contributed by atoms with Crippen LogP contribution < -0.4 is 0 Å². The van der Waals surface area contributed by atoms with E-state index in [1.165, 1.54) is 29.6 Å². The average Bonchev–Trinajstić information content (AvgIpc) is 2.66. The van der Waals surface area contributed by atoms with Crippen LogP contribution in [0.2, 0.25) is 0 Å². The van der Waals surface area contributed by atoms with Crippen LogP contribution in [0, 0.1) is 11.8 Å². The van der Waals surface area contributed by atoms with Crippen LogP contribution >= 0.6 is 0 Å². The van der Waals surface area contributed by atoms with Gasteiger partial charge < -0.3 is 5.11 Å². The molecular formula is C15H22O. The van der Waals surface area contributed by atoms with Crippen LogP contribution in [0.5, 0.6) is 0 Å². The summed E-state index contributed by atoms with van der Waals surface area (Å²) in [6.45, 7) is 8.14. The van der Waals surface area contributed by atoms with E-state index in [1.807, 2.05) is 6.08 Å². The van der Waals surface area contributed by atoms with E-state index in [9.17, 15) is 5.11 Å². The molecule has 0 amide bonds. The highest BCUT2D eigenvalue weighted by atomic mass is 16.3. The third-order valence-corrected chi connectivity index (χ3v) is 4.19. The van der Waals surface area contributed by atoms with Crippen LogP contribution in [-0.2, 0) is 0 Å². The second-order valence-electron chi connectivity index (χ2n) is 5.25. The predicted octanol–water partition coefficient (Wildman–Crippen LogP) is 3.62. The summed E-state index contributed by atoms with van der Waals surface area (Å²) in [6.07, 6.45) is 8.53. The zero-order valence-electron chi connectivity index (χ0n) is 10.4. The highest BCUT2D eigenvalue weighted by Crippen LogP contribution is 2.45. The Balaban J connectivity index is 2.27. The van der Waals surface area contributed by atoms with E-state index in [-0.39, 0.29) is 6.10 Å². The molecule has 0 bridgehead atoms. The number of allylic oxidation sites excluding steroid dienone is 4. The largest absolute Gasteiger partial charge is 0.392 e. The summed E-state index contributed by atoms with van der Waals surface area (Å²) in [6, 6.07) is 0. The highest BCUT2D eigenvalue weighted by molar-refractivity contribution is 5.28. The van der Waals surface area contributed by atoms with E-state index in [1.54, 1.807) is 0 Å². The molecule has 2 aliphatic carbocycles. The van der Waals surface area contributed by atoms with Crippen molar-refractivity contribution in [1.82, 2.24) is 0 Å². The molecule has 2 rings (SSSR count). The second-order valence-corrected chi connectivity index (χ2v) is 5.25. The van der Waals surface area contributed by atoms with Gasteiger partial charge in [-0.3, -0.25) is 0 Å². The van der Waals surface area contributed by atoms with Crippen LogP contribution in [0.25, 0.3) is 0 Å². The van der Waals surface area contributed by atoms with Gasteiger partial charge in [-0.2, -0.15) is 0 Å². The summed E-state index contributed by atoms with van der Waals surface area (Å²) in [7, 11) is 0. The minimum Gasteiger partial charge on any atom is -0.392 e. The fourth-order valence-corrected chi connectivity index (χ4v) is 3.24. The van der Waals surface area contributed by atoms with E-state index in [2.05, 4.69) is 26.5 Å². The van der Waals surface area contributed by atoms with Crippen molar-refractivity contribution >= 4 is 0 Å². The summed E-state index contributed by atoms with van der Waals surface area (Å²) in [5.74, 6) is 0.915. The van der Waals surface area contributed by atoms with Gasteiger partial charge in [0.05, 0.1) is 6.10 Å². The third kappa shape index (κ3) is 2.01. The van der Waals surface area contributed by atoms with Gasteiger partial charge in [-0.1, -0.05) is 35.5 Å². The van der Waals surface area contributed by atoms with Crippen LogP contribution in [0.15, 0.2) is 35.5 Å². The first-order valence-corrected chi connectivity index (χ1v) is 6.31. The number of fused-ring (bicyclic) bond motifs is 1. The zero-order chi connectivity index (χ0) is 11.7. The van der Waals surface area contributed by atoms with Crippen molar-refractivity contribution in [3.63, 3.8) is 0 Å². The lowest BCUT2D eigenvalue weighted by Gasteiger charge is -2.31.